The molecule has 12 heteroatoms. The third-order valence-corrected chi connectivity index (χ3v) is 5.75. The SMILES string of the molecule is COCCOc1cc(-n2nc(N3CC[C@H](N(C)C)C3)c3cnc(Cl)cc32)nc(C(C)(F)F)n1. The van der Waals surface area contributed by atoms with Gasteiger partial charge in [0.05, 0.1) is 17.5 Å². The first-order valence-electron chi connectivity index (χ1n) is 10.5. The van der Waals surface area contributed by atoms with Crippen molar-refractivity contribution in [3.8, 4) is 11.7 Å². The maximum absolute atomic E-state index is 14.2. The number of ether oxygens (including phenoxy) is 2. The Bertz CT molecular complexity index is 1140. The van der Waals surface area contributed by atoms with E-state index in [1.54, 1.807) is 12.3 Å². The topological polar surface area (TPSA) is 81.4 Å². The molecule has 0 bridgehead atoms. The Morgan fingerprint density at radius 3 is 2.70 bits per heavy atom. The lowest BCUT2D eigenvalue weighted by Gasteiger charge is -2.20. The summed E-state index contributed by atoms with van der Waals surface area (Å²) in [6, 6.07) is 3.50. The Labute approximate surface area is 195 Å². The third-order valence-electron chi connectivity index (χ3n) is 5.54. The summed E-state index contributed by atoms with van der Waals surface area (Å²) in [6.45, 7) is 2.78. The van der Waals surface area contributed by atoms with E-state index >= 15 is 0 Å². The lowest BCUT2D eigenvalue weighted by Crippen LogP contribution is -2.31. The second-order valence-electron chi connectivity index (χ2n) is 8.23. The first-order chi connectivity index (χ1) is 15.7. The number of anilines is 1. The van der Waals surface area contributed by atoms with Gasteiger partial charge in [-0.3, -0.25) is 0 Å². The second kappa shape index (κ2) is 9.32. The Kier molecular flexibility index (Phi) is 6.64. The average Bonchev–Trinajstić information content (AvgIpc) is 3.38. The number of pyridine rings is 1. The van der Waals surface area contributed by atoms with Gasteiger partial charge >= 0.3 is 5.92 Å². The van der Waals surface area contributed by atoms with E-state index in [1.165, 1.54) is 17.9 Å². The van der Waals surface area contributed by atoms with Gasteiger partial charge < -0.3 is 19.3 Å². The third kappa shape index (κ3) is 4.99. The molecule has 0 saturated carbocycles. The van der Waals surface area contributed by atoms with Crippen LogP contribution in [0.4, 0.5) is 14.6 Å². The maximum atomic E-state index is 14.2. The summed E-state index contributed by atoms with van der Waals surface area (Å²) in [5.74, 6) is -3.08. The first-order valence-corrected chi connectivity index (χ1v) is 10.9. The molecule has 0 amide bonds. The van der Waals surface area contributed by atoms with Gasteiger partial charge in [-0.25, -0.2) is 14.6 Å². The van der Waals surface area contributed by atoms with Gasteiger partial charge in [0, 0.05) is 51.5 Å². The molecule has 1 saturated heterocycles. The van der Waals surface area contributed by atoms with Crippen molar-refractivity contribution < 1.29 is 18.3 Å². The molecule has 178 valence electrons. The van der Waals surface area contributed by atoms with Gasteiger partial charge in [0.2, 0.25) is 11.7 Å². The van der Waals surface area contributed by atoms with Gasteiger partial charge in [0.25, 0.3) is 0 Å². The minimum atomic E-state index is -3.27. The summed E-state index contributed by atoms with van der Waals surface area (Å²) in [5.41, 5.74) is 0.602. The molecule has 0 aliphatic carbocycles. The molecule has 1 atom stereocenters. The highest BCUT2D eigenvalue weighted by Gasteiger charge is 2.31. The standard InChI is InChI=1S/C21H26ClF2N7O2/c1-21(23,24)20-26-17(10-18(27-20)33-8-7-32-4)31-15-9-16(22)25-11-14(15)19(28-31)30-6-5-13(12-30)29(2)3/h9-11,13H,5-8,12H2,1-4H3/t13-/m0/s1. The van der Waals surface area contributed by atoms with Crippen LogP contribution >= 0.6 is 11.6 Å². The van der Waals surface area contributed by atoms with Gasteiger partial charge in [-0.1, -0.05) is 11.6 Å². The van der Waals surface area contributed by atoms with Crippen LogP contribution in [0.2, 0.25) is 5.15 Å². The van der Waals surface area contributed by atoms with E-state index in [0.29, 0.717) is 17.4 Å². The number of methoxy groups -OCH3 is 1. The molecule has 1 aliphatic rings. The molecule has 9 nitrogen and oxygen atoms in total. The number of likely N-dealkylation sites (N-methyl/N-ethyl adjacent to an activating group) is 1. The maximum Gasteiger partial charge on any atom is 0.304 e. The Balaban J connectivity index is 1.82. The average molecular weight is 482 g/mol. The van der Waals surface area contributed by atoms with Gasteiger partial charge in [0.15, 0.2) is 11.6 Å². The Morgan fingerprint density at radius 1 is 1.24 bits per heavy atom. The minimum absolute atomic E-state index is 0.00720. The second-order valence-corrected chi connectivity index (χ2v) is 8.62. The normalized spacial score (nSPS) is 16.8. The van der Waals surface area contributed by atoms with E-state index in [1.807, 2.05) is 14.1 Å². The van der Waals surface area contributed by atoms with Crippen LogP contribution in [0.3, 0.4) is 0 Å². The van der Waals surface area contributed by atoms with Crippen molar-refractivity contribution in [3.63, 3.8) is 0 Å². The minimum Gasteiger partial charge on any atom is -0.475 e. The number of aromatic nitrogens is 5. The number of halogens is 3. The van der Waals surface area contributed by atoms with E-state index in [2.05, 4.69) is 24.8 Å². The van der Waals surface area contributed by atoms with E-state index in [4.69, 9.17) is 26.2 Å². The van der Waals surface area contributed by atoms with Crippen LogP contribution in [0.5, 0.6) is 5.88 Å². The summed E-state index contributed by atoms with van der Waals surface area (Å²) in [5, 5.41) is 5.76. The van der Waals surface area contributed by atoms with Crippen LogP contribution in [0.1, 0.15) is 19.2 Å². The fourth-order valence-corrected chi connectivity index (χ4v) is 3.91. The Morgan fingerprint density at radius 2 is 2.03 bits per heavy atom. The largest absolute Gasteiger partial charge is 0.475 e. The number of fused-ring (bicyclic) bond motifs is 1. The fraction of sp³-hybridized carbons (Fsp3) is 0.524. The van der Waals surface area contributed by atoms with Crippen LogP contribution in [0.15, 0.2) is 18.3 Å². The molecule has 0 radical (unpaired) electrons. The fourth-order valence-electron chi connectivity index (χ4n) is 3.76. The van der Waals surface area contributed by atoms with Crippen molar-refractivity contribution in [2.45, 2.75) is 25.3 Å². The number of nitrogens with zero attached hydrogens (tertiary/aromatic N) is 7. The molecule has 0 N–H and O–H groups in total. The lowest BCUT2D eigenvalue weighted by molar-refractivity contribution is 0.00677. The molecule has 4 rings (SSSR count). The van der Waals surface area contributed by atoms with Crippen LogP contribution < -0.4 is 9.64 Å². The molecule has 0 unspecified atom stereocenters. The van der Waals surface area contributed by atoms with E-state index < -0.39 is 11.7 Å². The quantitative estimate of drug-likeness (QED) is 0.358. The smallest absolute Gasteiger partial charge is 0.304 e. The molecular formula is C21H26ClF2N7O2. The number of hydrogen-bond acceptors (Lipinski definition) is 8. The van der Waals surface area contributed by atoms with Gasteiger partial charge in [-0.2, -0.15) is 13.8 Å². The van der Waals surface area contributed by atoms with Gasteiger partial charge in [-0.15, -0.1) is 5.10 Å². The number of rotatable bonds is 8. The molecule has 3 aromatic rings. The van der Waals surface area contributed by atoms with Crippen molar-refractivity contribution in [2.75, 3.05) is 52.4 Å². The molecule has 4 heterocycles. The van der Waals surface area contributed by atoms with E-state index in [9.17, 15) is 8.78 Å². The molecule has 1 fully saturated rings. The zero-order valence-corrected chi connectivity index (χ0v) is 19.7. The summed E-state index contributed by atoms with van der Waals surface area (Å²) in [7, 11) is 5.62. The van der Waals surface area contributed by atoms with Gasteiger partial charge in [-0.05, 0) is 20.5 Å². The summed E-state index contributed by atoms with van der Waals surface area (Å²) >= 11 is 6.17. The summed E-state index contributed by atoms with van der Waals surface area (Å²) in [6.07, 6.45) is 2.63. The Hall–Kier alpha value is -2.63. The first kappa shape index (κ1) is 23.5. The highest BCUT2D eigenvalue weighted by Crippen LogP contribution is 2.33. The highest BCUT2D eigenvalue weighted by molar-refractivity contribution is 6.30. The predicted octanol–water partition coefficient (Wildman–Crippen LogP) is 3.14. The molecule has 0 spiro atoms. The van der Waals surface area contributed by atoms with Crippen LogP contribution in [0.25, 0.3) is 16.7 Å². The zero-order valence-electron chi connectivity index (χ0n) is 18.9. The number of hydrogen-bond donors (Lipinski definition) is 0. The van der Waals surface area contributed by atoms with Crippen molar-refractivity contribution in [2.24, 2.45) is 0 Å². The van der Waals surface area contributed by atoms with Crippen molar-refractivity contribution in [3.05, 3.63) is 29.3 Å². The van der Waals surface area contributed by atoms with Crippen molar-refractivity contribution in [1.29, 1.82) is 0 Å². The monoisotopic (exact) mass is 481 g/mol. The van der Waals surface area contributed by atoms with Crippen LogP contribution in [0, 0.1) is 0 Å². The van der Waals surface area contributed by atoms with E-state index in [-0.39, 0.29) is 30.1 Å². The molecule has 0 aromatic carbocycles. The molecular weight excluding hydrogens is 456 g/mol. The van der Waals surface area contributed by atoms with Crippen molar-refractivity contribution >= 4 is 28.3 Å². The highest BCUT2D eigenvalue weighted by atomic mass is 35.5. The summed E-state index contributed by atoms with van der Waals surface area (Å²) < 4.78 is 40.4. The molecule has 3 aromatic heterocycles. The molecule has 1 aliphatic heterocycles. The lowest BCUT2D eigenvalue weighted by atomic mass is 10.2. The predicted molar refractivity (Wildman–Crippen MR) is 121 cm³/mol. The number of alkyl halides is 2. The van der Waals surface area contributed by atoms with Crippen molar-refractivity contribution in [1.82, 2.24) is 29.6 Å². The van der Waals surface area contributed by atoms with Crippen LogP contribution in [-0.4, -0.2) is 83.2 Å². The summed E-state index contributed by atoms with van der Waals surface area (Å²) in [4.78, 5) is 16.5. The molecule has 33 heavy (non-hydrogen) atoms. The van der Waals surface area contributed by atoms with E-state index in [0.717, 1.165) is 31.8 Å². The van der Waals surface area contributed by atoms with Crippen LogP contribution in [-0.2, 0) is 10.7 Å². The zero-order chi connectivity index (χ0) is 23.8. The van der Waals surface area contributed by atoms with Gasteiger partial charge in [0.1, 0.15) is 11.8 Å².